The van der Waals surface area contributed by atoms with Crippen LogP contribution in [0.15, 0.2) is 97.2 Å². The fourth-order valence-corrected chi connectivity index (χ4v) is 5.93. The Morgan fingerprint density at radius 2 is 1.02 bits per heavy atom. The van der Waals surface area contributed by atoms with Crippen molar-refractivity contribution in [2.75, 3.05) is 47.5 Å². The van der Waals surface area contributed by atoms with Crippen molar-refractivity contribution >= 4 is 19.8 Å². The molecule has 0 heterocycles. The summed E-state index contributed by atoms with van der Waals surface area (Å²) in [5, 5.41) is 0. The van der Waals surface area contributed by atoms with Gasteiger partial charge in [0.2, 0.25) is 0 Å². The maximum atomic E-state index is 12.7. The molecule has 0 bridgehead atoms. The zero-order valence-electron chi connectivity index (χ0n) is 37.0. The molecule has 0 aliphatic carbocycles. The SMILES string of the molecule is CC/C=C/C/C=C/C/C=C/C/C=C/C/C=C/C/C=C/CCC(=O)O[C@H](COC(=O)CCCCCCC/C=C/C/C=C/CCCCC)COP(=O)(O)OCC[N+](C)(C)C. The molecule has 1 N–H and O–H groups in total. The van der Waals surface area contributed by atoms with Gasteiger partial charge in [-0.15, -0.1) is 0 Å². The van der Waals surface area contributed by atoms with Crippen LogP contribution in [0.25, 0.3) is 0 Å². The van der Waals surface area contributed by atoms with Crippen LogP contribution in [0.2, 0.25) is 0 Å². The fourth-order valence-electron chi connectivity index (χ4n) is 5.19. The molecule has 330 valence electrons. The summed E-state index contributed by atoms with van der Waals surface area (Å²) in [4.78, 5) is 35.3. The molecule has 0 saturated heterocycles. The number of allylic oxidation sites excluding steroid dienone is 16. The van der Waals surface area contributed by atoms with Gasteiger partial charge in [-0.25, -0.2) is 4.57 Å². The van der Waals surface area contributed by atoms with Crippen LogP contribution in [0.5, 0.6) is 0 Å². The Kier molecular flexibility index (Phi) is 37.3. The number of nitrogens with zero attached hydrogens (tertiary/aromatic N) is 1. The van der Waals surface area contributed by atoms with E-state index in [1.165, 1.54) is 25.7 Å². The highest BCUT2D eigenvalue weighted by Gasteiger charge is 2.27. The van der Waals surface area contributed by atoms with Crippen molar-refractivity contribution in [2.24, 2.45) is 0 Å². The third-order valence-electron chi connectivity index (χ3n) is 8.61. The molecule has 0 spiro atoms. The van der Waals surface area contributed by atoms with Crippen molar-refractivity contribution < 1.29 is 42.1 Å². The number of hydrogen-bond acceptors (Lipinski definition) is 7. The van der Waals surface area contributed by atoms with Crippen molar-refractivity contribution in [1.29, 1.82) is 0 Å². The maximum Gasteiger partial charge on any atom is 0.472 e. The van der Waals surface area contributed by atoms with E-state index < -0.39 is 32.5 Å². The molecule has 0 aromatic rings. The summed E-state index contributed by atoms with van der Waals surface area (Å²) in [5.41, 5.74) is 0. The van der Waals surface area contributed by atoms with Gasteiger partial charge in [-0.05, 0) is 83.5 Å². The Morgan fingerprint density at radius 1 is 0.552 bits per heavy atom. The van der Waals surface area contributed by atoms with E-state index in [-0.39, 0.29) is 26.1 Å². The first-order valence-electron chi connectivity index (χ1n) is 22.0. The molecule has 1 unspecified atom stereocenters. The summed E-state index contributed by atoms with van der Waals surface area (Å²) >= 11 is 0. The van der Waals surface area contributed by atoms with Gasteiger partial charge < -0.3 is 18.9 Å². The molecule has 10 heteroatoms. The summed E-state index contributed by atoms with van der Waals surface area (Å²) < 4.78 is 34.2. The monoisotopic (exact) mass is 831 g/mol. The third-order valence-corrected chi connectivity index (χ3v) is 9.60. The number of hydrogen-bond donors (Lipinski definition) is 1. The van der Waals surface area contributed by atoms with E-state index in [0.29, 0.717) is 23.9 Å². The van der Waals surface area contributed by atoms with Crippen molar-refractivity contribution in [3.05, 3.63) is 97.2 Å². The van der Waals surface area contributed by atoms with Gasteiger partial charge in [0.25, 0.3) is 0 Å². The van der Waals surface area contributed by atoms with Gasteiger partial charge in [-0.1, -0.05) is 143 Å². The van der Waals surface area contributed by atoms with Crippen LogP contribution in [0, 0.1) is 0 Å². The van der Waals surface area contributed by atoms with E-state index in [1.54, 1.807) is 0 Å². The van der Waals surface area contributed by atoms with Crippen LogP contribution in [0.4, 0.5) is 0 Å². The van der Waals surface area contributed by atoms with Gasteiger partial charge in [-0.3, -0.25) is 18.6 Å². The summed E-state index contributed by atoms with van der Waals surface area (Å²) in [7, 11) is 1.40. The highest BCUT2D eigenvalue weighted by Crippen LogP contribution is 2.43. The van der Waals surface area contributed by atoms with E-state index in [0.717, 1.165) is 77.0 Å². The van der Waals surface area contributed by atoms with E-state index in [1.807, 2.05) is 33.3 Å². The number of likely N-dealkylation sites (N-methyl/N-ethyl adjacent to an activating group) is 1. The summed E-state index contributed by atoms with van der Waals surface area (Å²) in [6.07, 6.45) is 51.8. The van der Waals surface area contributed by atoms with Crippen LogP contribution < -0.4 is 0 Å². The molecule has 9 nitrogen and oxygen atoms in total. The Hall–Kier alpha value is -3.07. The summed E-state index contributed by atoms with van der Waals surface area (Å²) in [6, 6.07) is 0. The minimum atomic E-state index is -4.40. The largest absolute Gasteiger partial charge is 0.472 e. The zero-order valence-corrected chi connectivity index (χ0v) is 37.9. The van der Waals surface area contributed by atoms with Crippen LogP contribution in [0.3, 0.4) is 0 Å². The van der Waals surface area contributed by atoms with Crippen LogP contribution in [0.1, 0.15) is 142 Å². The second-order valence-electron chi connectivity index (χ2n) is 15.3. The number of phosphoric ester groups is 1. The standard InChI is InChI=1S/C48H80NO8P/c1-6-8-10-12-14-16-18-20-22-23-24-25-27-29-31-33-35-37-39-41-48(51)57-46(45-56-58(52,53)55-43-42-49(3,4)5)44-54-47(50)40-38-36-34-32-30-28-26-21-19-17-15-13-11-9-7-2/h8,10,14-17,20-22,24-26,29,31,35,37,46H,6-7,9,11-13,18-19,23,27-28,30,32-34,36,38-45H2,1-5H3/p+1/b10-8+,16-14+,17-15+,22-20+,25-24+,26-21+,31-29+,37-35+/t46-/m1/s1. The predicted molar refractivity (Wildman–Crippen MR) is 242 cm³/mol. The van der Waals surface area contributed by atoms with E-state index in [2.05, 4.69) is 98.9 Å². The molecular weight excluding hydrogens is 750 g/mol. The predicted octanol–water partition coefficient (Wildman–Crippen LogP) is 12.6. The van der Waals surface area contributed by atoms with Gasteiger partial charge >= 0.3 is 19.8 Å². The van der Waals surface area contributed by atoms with Gasteiger partial charge in [-0.2, -0.15) is 0 Å². The molecule has 58 heavy (non-hydrogen) atoms. The number of rotatable bonds is 38. The second-order valence-corrected chi connectivity index (χ2v) is 16.8. The Labute approximate surface area is 353 Å². The molecule has 0 saturated carbocycles. The van der Waals surface area contributed by atoms with Crippen molar-refractivity contribution in [1.82, 2.24) is 0 Å². The number of quaternary nitrogens is 1. The molecule has 0 amide bonds. The zero-order chi connectivity index (χ0) is 42.8. The number of carbonyl (C=O) groups excluding carboxylic acids is 2. The number of unbranched alkanes of at least 4 members (excludes halogenated alkanes) is 8. The molecule has 0 aliphatic heterocycles. The molecule has 0 aliphatic rings. The average molecular weight is 831 g/mol. The van der Waals surface area contributed by atoms with Gasteiger partial charge in [0, 0.05) is 12.8 Å². The molecular formula is C48H81NO8P+. The third kappa shape index (κ3) is 42.5. The normalized spacial score (nSPS) is 14.5. The Bertz CT molecular complexity index is 1300. The molecule has 0 aromatic carbocycles. The average Bonchev–Trinajstić information content (AvgIpc) is 3.17. The fraction of sp³-hybridized carbons (Fsp3) is 0.625. The first-order valence-corrected chi connectivity index (χ1v) is 23.5. The van der Waals surface area contributed by atoms with E-state index >= 15 is 0 Å². The molecule has 0 aromatic heterocycles. The second kappa shape index (κ2) is 39.4. The molecule has 0 fully saturated rings. The molecule has 0 radical (unpaired) electrons. The molecule has 2 atom stereocenters. The number of esters is 2. The van der Waals surface area contributed by atoms with Crippen LogP contribution in [-0.4, -0.2) is 74.9 Å². The number of phosphoric acid groups is 1. The van der Waals surface area contributed by atoms with Gasteiger partial charge in [0.1, 0.15) is 19.8 Å². The number of carbonyl (C=O) groups is 2. The smallest absolute Gasteiger partial charge is 0.462 e. The van der Waals surface area contributed by atoms with Crippen molar-refractivity contribution in [2.45, 2.75) is 148 Å². The minimum Gasteiger partial charge on any atom is -0.462 e. The van der Waals surface area contributed by atoms with Gasteiger partial charge in [0.05, 0.1) is 27.7 Å². The van der Waals surface area contributed by atoms with Crippen molar-refractivity contribution in [3.8, 4) is 0 Å². The Morgan fingerprint density at radius 3 is 1.53 bits per heavy atom. The highest BCUT2D eigenvalue weighted by molar-refractivity contribution is 7.47. The quantitative estimate of drug-likeness (QED) is 0.0215. The topological polar surface area (TPSA) is 108 Å². The summed E-state index contributed by atoms with van der Waals surface area (Å²) in [5.74, 6) is -0.923. The number of ether oxygens (including phenoxy) is 2. The first kappa shape index (κ1) is 54.9. The lowest BCUT2D eigenvalue weighted by molar-refractivity contribution is -0.870. The Balaban J connectivity index is 4.54. The van der Waals surface area contributed by atoms with E-state index in [9.17, 15) is 19.0 Å². The summed E-state index contributed by atoms with van der Waals surface area (Å²) in [6.45, 7) is 4.15. The van der Waals surface area contributed by atoms with Crippen LogP contribution in [-0.2, 0) is 32.7 Å². The lowest BCUT2D eigenvalue weighted by Crippen LogP contribution is -2.37. The van der Waals surface area contributed by atoms with E-state index in [4.69, 9.17) is 18.5 Å². The van der Waals surface area contributed by atoms with Crippen LogP contribution >= 0.6 is 7.82 Å². The molecule has 0 rings (SSSR count). The highest BCUT2D eigenvalue weighted by atomic mass is 31.2. The first-order chi connectivity index (χ1) is 28.0. The van der Waals surface area contributed by atoms with Gasteiger partial charge in [0.15, 0.2) is 6.10 Å². The maximum absolute atomic E-state index is 12.7. The minimum absolute atomic E-state index is 0.0101. The lowest BCUT2D eigenvalue weighted by atomic mass is 10.1. The lowest BCUT2D eigenvalue weighted by Gasteiger charge is -2.24. The van der Waals surface area contributed by atoms with Crippen molar-refractivity contribution in [3.63, 3.8) is 0 Å².